The average molecular weight is 884 g/mol. The Labute approximate surface area is 359 Å². The summed E-state index contributed by atoms with van der Waals surface area (Å²) in [5.74, 6) is -5.29. The smallest absolute Gasteiger partial charge is 0.315 e. The number of carbonyl (C=O) groups is 9. The number of thioether (sulfide) groups is 1. The molecule has 10 amide bonds. The summed E-state index contributed by atoms with van der Waals surface area (Å²) in [6, 6.07) is -3.18. The molecule has 2 aliphatic rings. The molecule has 1 unspecified atom stereocenters. The minimum Gasteiger partial charge on any atom is -0.370 e. The number of nitrogens with one attached hydrogen (secondary N) is 9. The van der Waals surface area contributed by atoms with Gasteiger partial charge in [-0.1, -0.05) is 20.3 Å². The van der Waals surface area contributed by atoms with Crippen LogP contribution in [0.4, 0.5) is 4.79 Å². The minimum absolute atomic E-state index is 0.0205. The van der Waals surface area contributed by atoms with Crippen LogP contribution in [0, 0.1) is 11.8 Å². The van der Waals surface area contributed by atoms with Gasteiger partial charge in [0.05, 0.1) is 25.2 Å². The van der Waals surface area contributed by atoms with Crippen LogP contribution in [0.2, 0.25) is 0 Å². The Balaban J connectivity index is 1.74. The summed E-state index contributed by atoms with van der Waals surface area (Å²) in [7, 11) is 0. The number of hydrogen-bond donors (Lipinski definition) is 13. The van der Waals surface area contributed by atoms with Gasteiger partial charge < -0.3 is 59.7 Å². The first-order valence-electron chi connectivity index (χ1n) is 20.6. The third-order valence-corrected chi connectivity index (χ3v) is 11.4. The third-order valence-electron chi connectivity index (χ3n) is 9.88. The van der Waals surface area contributed by atoms with Crippen LogP contribution in [0.15, 0.2) is 4.99 Å². The van der Waals surface area contributed by atoms with Gasteiger partial charge in [0.25, 0.3) is 0 Å². The quantitative estimate of drug-likeness (QED) is 0.00881. The van der Waals surface area contributed by atoms with Crippen molar-refractivity contribution in [2.24, 2.45) is 34.0 Å². The standard InChI is InChI=1S/C37H65N13O10S/c1-20(2)15-22(16-28(52)50-60)34(57)45-21(3)33(56)47-24(10-8-14-42-36(39)40)35(58)44-17-29(53)43-18-30(54)46-23(32(38)55)9-6-7-13-41-27(51)12-5-4-11-26-31-25(19-61-26)48-37(59)49-31/h20-26,31,60H,4-19H2,1-3H3,(H2,38,55)(H,41,51)(H,43,53)(H,44,58)(H,45,57)(H,46,54)(H,47,56)(H,50,52)(H4,39,40,42)(H2,48,49,59)/t21-,22?,23-,24-,25-,26-,31-/m0/s1. The van der Waals surface area contributed by atoms with Crippen LogP contribution in [0.25, 0.3) is 0 Å². The molecule has 0 spiro atoms. The number of hydrogen-bond acceptors (Lipinski definition) is 12. The summed E-state index contributed by atoms with van der Waals surface area (Å²) < 4.78 is 0. The second-order valence-corrected chi connectivity index (χ2v) is 16.8. The van der Waals surface area contributed by atoms with Crippen LogP contribution in [0.3, 0.4) is 0 Å². The number of primary amides is 1. The summed E-state index contributed by atoms with van der Waals surface area (Å²) in [6.07, 6.45) is 4.34. The molecule has 344 valence electrons. The molecule has 0 aromatic heterocycles. The van der Waals surface area contributed by atoms with Gasteiger partial charge in [-0.3, -0.25) is 48.6 Å². The first-order valence-corrected chi connectivity index (χ1v) is 21.6. The number of guanidine groups is 1. The summed E-state index contributed by atoms with van der Waals surface area (Å²) in [5.41, 5.74) is 17.7. The number of carbonyl (C=O) groups excluding carboxylic acids is 9. The van der Waals surface area contributed by atoms with Gasteiger partial charge in [-0.25, -0.2) is 10.3 Å². The van der Waals surface area contributed by atoms with E-state index in [0.29, 0.717) is 37.5 Å². The molecule has 2 aliphatic heterocycles. The van der Waals surface area contributed by atoms with Crippen molar-refractivity contribution in [3.8, 4) is 0 Å². The van der Waals surface area contributed by atoms with E-state index in [-0.39, 0.29) is 68.1 Å². The molecule has 24 heteroatoms. The van der Waals surface area contributed by atoms with Gasteiger partial charge in [0.15, 0.2) is 5.96 Å². The molecule has 7 atom stereocenters. The maximum Gasteiger partial charge on any atom is 0.315 e. The van der Waals surface area contributed by atoms with Crippen LogP contribution < -0.4 is 65.2 Å². The highest BCUT2D eigenvalue weighted by Crippen LogP contribution is 2.33. The number of amides is 10. The highest BCUT2D eigenvalue weighted by Gasteiger charge is 2.42. The number of aliphatic imine (C=N–C) groups is 1. The molecule has 0 aromatic carbocycles. The maximum atomic E-state index is 13.1. The van der Waals surface area contributed by atoms with Crippen LogP contribution in [-0.4, -0.2) is 132 Å². The van der Waals surface area contributed by atoms with Crippen LogP contribution >= 0.6 is 11.8 Å². The van der Waals surface area contributed by atoms with Crippen LogP contribution in [0.1, 0.15) is 91.4 Å². The number of urea groups is 1. The Morgan fingerprint density at radius 2 is 1.48 bits per heavy atom. The predicted molar refractivity (Wildman–Crippen MR) is 225 cm³/mol. The summed E-state index contributed by atoms with van der Waals surface area (Å²) >= 11 is 1.83. The largest absolute Gasteiger partial charge is 0.370 e. The molecule has 23 nitrogen and oxygen atoms in total. The highest BCUT2D eigenvalue weighted by molar-refractivity contribution is 8.00. The average Bonchev–Trinajstić information content (AvgIpc) is 3.76. The van der Waals surface area contributed by atoms with Crippen molar-refractivity contribution in [2.75, 3.05) is 31.9 Å². The fourth-order valence-electron chi connectivity index (χ4n) is 6.71. The van der Waals surface area contributed by atoms with E-state index < -0.39 is 78.5 Å². The first-order chi connectivity index (χ1) is 28.9. The van der Waals surface area contributed by atoms with E-state index in [2.05, 4.69) is 47.5 Å². The number of nitrogens with two attached hydrogens (primary N) is 3. The molecular formula is C37H65N13O10S. The summed E-state index contributed by atoms with van der Waals surface area (Å²) in [6.45, 7) is 4.46. The number of unbranched alkanes of at least 4 members (excludes halogenated alkanes) is 2. The van der Waals surface area contributed by atoms with E-state index in [9.17, 15) is 43.2 Å². The molecule has 0 bridgehead atoms. The molecule has 2 heterocycles. The number of rotatable bonds is 29. The topological polar surface area (TPSA) is 373 Å². The Bertz CT molecular complexity index is 1560. The Hall–Kier alpha value is -5.39. The molecule has 2 fully saturated rings. The third kappa shape index (κ3) is 20.6. The van der Waals surface area contributed by atoms with Gasteiger partial charge in [0.2, 0.25) is 47.3 Å². The van der Waals surface area contributed by atoms with E-state index in [1.165, 1.54) is 12.4 Å². The molecule has 2 rings (SSSR count). The van der Waals surface area contributed by atoms with Crippen molar-refractivity contribution in [2.45, 2.75) is 127 Å². The fourth-order valence-corrected chi connectivity index (χ4v) is 8.26. The van der Waals surface area contributed by atoms with Gasteiger partial charge in [0.1, 0.15) is 18.1 Å². The molecule has 61 heavy (non-hydrogen) atoms. The van der Waals surface area contributed by atoms with Gasteiger partial charge in [-0.05, 0) is 64.2 Å². The lowest BCUT2D eigenvalue weighted by atomic mass is 9.93. The molecule has 0 radical (unpaired) electrons. The van der Waals surface area contributed by atoms with E-state index >= 15 is 0 Å². The van der Waals surface area contributed by atoms with Crippen molar-refractivity contribution < 1.29 is 48.4 Å². The minimum atomic E-state index is -1.19. The zero-order chi connectivity index (χ0) is 45.5. The van der Waals surface area contributed by atoms with E-state index in [1.807, 2.05) is 25.6 Å². The molecular weight excluding hydrogens is 819 g/mol. The lowest BCUT2D eigenvalue weighted by molar-refractivity contribution is -0.137. The van der Waals surface area contributed by atoms with Gasteiger partial charge in [0, 0.05) is 42.9 Å². The lowest BCUT2D eigenvalue weighted by Gasteiger charge is -2.23. The van der Waals surface area contributed by atoms with Crippen molar-refractivity contribution in [1.82, 2.24) is 48.0 Å². The number of nitrogens with zero attached hydrogens (tertiary/aromatic N) is 1. The Morgan fingerprint density at radius 3 is 2.15 bits per heavy atom. The van der Waals surface area contributed by atoms with Gasteiger partial charge >= 0.3 is 6.03 Å². The summed E-state index contributed by atoms with van der Waals surface area (Å²) in [4.78, 5) is 116. The molecule has 0 aromatic rings. The zero-order valence-corrected chi connectivity index (χ0v) is 36.0. The monoisotopic (exact) mass is 883 g/mol. The van der Waals surface area contributed by atoms with Crippen molar-refractivity contribution in [3.05, 3.63) is 0 Å². The van der Waals surface area contributed by atoms with Crippen molar-refractivity contribution >= 4 is 71.0 Å². The molecule has 0 aliphatic carbocycles. The van der Waals surface area contributed by atoms with E-state index in [1.54, 1.807) is 0 Å². The van der Waals surface area contributed by atoms with E-state index in [0.717, 1.165) is 25.0 Å². The maximum absolute atomic E-state index is 13.1. The summed E-state index contributed by atoms with van der Waals surface area (Å²) in [5, 5.41) is 30.2. The molecule has 0 saturated carbocycles. The van der Waals surface area contributed by atoms with Gasteiger partial charge in [-0.2, -0.15) is 11.8 Å². The lowest BCUT2D eigenvalue weighted by Crippen LogP contribution is -2.54. The Morgan fingerprint density at radius 1 is 0.770 bits per heavy atom. The van der Waals surface area contributed by atoms with Crippen LogP contribution in [0.5, 0.6) is 0 Å². The zero-order valence-electron chi connectivity index (χ0n) is 35.1. The fraction of sp³-hybridized carbons (Fsp3) is 0.730. The predicted octanol–water partition coefficient (Wildman–Crippen LogP) is -3.20. The van der Waals surface area contributed by atoms with Crippen LogP contribution in [-0.2, 0) is 38.4 Å². The van der Waals surface area contributed by atoms with Crippen molar-refractivity contribution in [3.63, 3.8) is 0 Å². The second kappa shape index (κ2) is 27.5. The normalized spacial score (nSPS) is 18.4. The van der Waals surface area contributed by atoms with Crippen molar-refractivity contribution in [1.29, 1.82) is 0 Å². The second-order valence-electron chi connectivity index (χ2n) is 15.5. The number of fused-ring (bicyclic) bond motifs is 1. The van der Waals surface area contributed by atoms with E-state index in [4.69, 9.17) is 22.4 Å². The number of hydroxylamine groups is 1. The van der Waals surface area contributed by atoms with Gasteiger partial charge in [-0.15, -0.1) is 0 Å². The SMILES string of the molecule is CC(C)CC(CC(=O)NO)C(=O)N[C@@H](C)C(=O)N[C@@H](CCCN=C(N)N)C(=O)NCC(=O)NCC(=O)N[C@@H](CCCCNC(=O)CCCC[C@@H]1SC[C@@H]2NC(=O)N[C@@H]21)C(N)=O. The molecule has 2 saturated heterocycles. The highest BCUT2D eigenvalue weighted by atomic mass is 32.2. The molecule has 16 N–H and O–H groups in total. The Kier molecular flexibility index (Phi) is 23.3. The first kappa shape index (κ1) is 51.8.